The summed E-state index contributed by atoms with van der Waals surface area (Å²) in [5.41, 5.74) is 7.15. The monoisotopic (exact) mass is 238 g/mol. The van der Waals surface area contributed by atoms with Crippen LogP contribution in [0.2, 0.25) is 0 Å². The van der Waals surface area contributed by atoms with Crippen LogP contribution in [0.3, 0.4) is 0 Å². The molecular formula is C13H22N2S. The number of likely N-dealkylation sites (N-methyl/N-ethyl adjacent to an activating group) is 1. The summed E-state index contributed by atoms with van der Waals surface area (Å²) in [5.74, 6) is 0. The maximum Gasteiger partial charge on any atom is 0.0139 e. The van der Waals surface area contributed by atoms with Gasteiger partial charge in [-0.1, -0.05) is 12.1 Å². The van der Waals surface area contributed by atoms with E-state index < -0.39 is 0 Å². The Balaban J connectivity index is 2.36. The SMILES string of the molecule is CSc1ccc(CCN(C)CC(C)N)cc1. The fourth-order valence-electron chi connectivity index (χ4n) is 1.70. The molecule has 1 aromatic rings. The normalized spacial score (nSPS) is 13.1. The van der Waals surface area contributed by atoms with Crippen molar-refractivity contribution >= 4 is 11.8 Å². The van der Waals surface area contributed by atoms with E-state index in [2.05, 4.69) is 42.5 Å². The number of rotatable bonds is 6. The zero-order chi connectivity index (χ0) is 12.0. The van der Waals surface area contributed by atoms with Gasteiger partial charge < -0.3 is 10.6 Å². The summed E-state index contributed by atoms with van der Waals surface area (Å²) in [7, 11) is 2.12. The molecule has 0 aliphatic rings. The molecule has 16 heavy (non-hydrogen) atoms. The van der Waals surface area contributed by atoms with E-state index in [1.807, 2.05) is 6.92 Å². The zero-order valence-electron chi connectivity index (χ0n) is 10.4. The van der Waals surface area contributed by atoms with Gasteiger partial charge in [-0.25, -0.2) is 0 Å². The maximum atomic E-state index is 5.76. The predicted molar refractivity (Wildman–Crippen MR) is 73.1 cm³/mol. The number of benzene rings is 1. The van der Waals surface area contributed by atoms with E-state index in [0.717, 1.165) is 19.5 Å². The summed E-state index contributed by atoms with van der Waals surface area (Å²) in [6, 6.07) is 9.05. The minimum Gasteiger partial charge on any atom is -0.327 e. The number of nitrogens with zero attached hydrogens (tertiary/aromatic N) is 1. The molecule has 0 saturated heterocycles. The molecule has 0 radical (unpaired) electrons. The van der Waals surface area contributed by atoms with E-state index in [1.54, 1.807) is 11.8 Å². The molecule has 0 aliphatic heterocycles. The molecule has 0 aromatic heterocycles. The molecule has 0 spiro atoms. The van der Waals surface area contributed by atoms with E-state index in [0.29, 0.717) is 0 Å². The Labute approximate surface area is 103 Å². The van der Waals surface area contributed by atoms with Gasteiger partial charge in [-0.3, -0.25) is 0 Å². The van der Waals surface area contributed by atoms with Crippen LogP contribution in [0, 0.1) is 0 Å². The molecule has 3 heteroatoms. The third-order valence-corrected chi connectivity index (χ3v) is 3.28. The van der Waals surface area contributed by atoms with Crippen molar-refractivity contribution in [2.75, 3.05) is 26.4 Å². The molecule has 1 atom stereocenters. The van der Waals surface area contributed by atoms with Crippen LogP contribution in [0.4, 0.5) is 0 Å². The molecule has 1 unspecified atom stereocenters. The zero-order valence-corrected chi connectivity index (χ0v) is 11.3. The molecule has 90 valence electrons. The van der Waals surface area contributed by atoms with Crippen molar-refractivity contribution in [3.63, 3.8) is 0 Å². The molecule has 2 N–H and O–H groups in total. The summed E-state index contributed by atoms with van der Waals surface area (Å²) in [5, 5.41) is 0. The lowest BCUT2D eigenvalue weighted by Crippen LogP contribution is -2.34. The lowest BCUT2D eigenvalue weighted by molar-refractivity contribution is 0.321. The highest BCUT2D eigenvalue weighted by molar-refractivity contribution is 7.98. The Morgan fingerprint density at radius 1 is 1.31 bits per heavy atom. The average Bonchev–Trinajstić information content (AvgIpc) is 2.26. The Hall–Kier alpha value is -0.510. The Bertz CT molecular complexity index is 295. The van der Waals surface area contributed by atoms with Gasteiger partial charge in [-0.15, -0.1) is 11.8 Å². The molecule has 0 heterocycles. The van der Waals surface area contributed by atoms with Crippen LogP contribution in [-0.2, 0) is 6.42 Å². The van der Waals surface area contributed by atoms with E-state index in [-0.39, 0.29) is 6.04 Å². The number of nitrogens with two attached hydrogens (primary N) is 1. The van der Waals surface area contributed by atoms with Crippen LogP contribution >= 0.6 is 11.8 Å². The maximum absolute atomic E-state index is 5.76. The van der Waals surface area contributed by atoms with Gasteiger partial charge in [0.25, 0.3) is 0 Å². The number of hydrogen-bond acceptors (Lipinski definition) is 3. The van der Waals surface area contributed by atoms with Crippen LogP contribution in [0.1, 0.15) is 12.5 Å². The summed E-state index contributed by atoms with van der Waals surface area (Å²) in [6.45, 7) is 4.08. The van der Waals surface area contributed by atoms with Crippen LogP contribution < -0.4 is 5.73 Å². The largest absolute Gasteiger partial charge is 0.327 e. The summed E-state index contributed by atoms with van der Waals surface area (Å²) < 4.78 is 0. The highest BCUT2D eigenvalue weighted by Crippen LogP contribution is 2.15. The van der Waals surface area contributed by atoms with Gasteiger partial charge in [0, 0.05) is 24.0 Å². The summed E-state index contributed by atoms with van der Waals surface area (Å²) >= 11 is 1.78. The Morgan fingerprint density at radius 2 is 1.94 bits per heavy atom. The van der Waals surface area contributed by atoms with Crippen LogP contribution in [-0.4, -0.2) is 37.3 Å². The third kappa shape index (κ3) is 5.01. The molecule has 0 saturated carbocycles. The van der Waals surface area contributed by atoms with Crippen molar-refractivity contribution < 1.29 is 0 Å². The molecule has 2 nitrogen and oxygen atoms in total. The second-order valence-electron chi connectivity index (χ2n) is 4.34. The van der Waals surface area contributed by atoms with Crippen molar-refractivity contribution in [2.45, 2.75) is 24.3 Å². The first-order valence-electron chi connectivity index (χ1n) is 5.69. The van der Waals surface area contributed by atoms with Crippen molar-refractivity contribution in [1.82, 2.24) is 4.90 Å². The second-order valence-corrected chi connectivity index (χ2v) is 5.22. The quantitative estimate of drug-likeness (QED) is 0.771. The van der Waals surface area contributed by atoms with Gasteiger partial charge in [0.05, 0.1) is 0 Å². The molecule has 0 aliphatic carbocycles. The first-order chi connectivity index (χ1) is 7.61. The first-order valence-corrected chi connectivity index (χ1v) is 6.91. The van der Waals surface area contributed by atoms with Crippen molar-refractivity contribution in [1.29, 1.82) is 0 Å². The molecule has 1 aromatic carbocycles. The van der Waals surface area contributed by atoms with E-state index in [9.17, 15) is 0 Å². The standard InChI is InChI=1S/C13H22N2S/c1-11(14)10-15(2)9-8-12-4-6-13(16-3)7-5-12/h4-7,11H,8-10,14H2,1-3H3. The summed E-state index contributed by atoms with van der Waals surface area (Å²) in [4.78, 5) is 3.61. The minimum absolute atomic E-state index is 0.254. The Kier molecular flexibility index (Phi) is 5.88. The molecule has 0 fully saturated rings. The average molecular weight is 238 g/mol. The van der Waals surface area contributed by atoms with Crippen molar-refractivity contribution in [3.05, 3.63) is 29.8 Å². The fourth-order valence-corrected chi connectivity index (χ4v) is 2.10. The lowest BCUT2D eigenvalue weighted by atomic mass is 10.1. The van der Waals surface area contributed by atoms with E-state index in [4.69, 9.17) is 5.73 Å². The van der Waals surface area contributed by atoms with Gasteiger partial charge in [-0.05, 0) is 44.3 Å². The van der Waals surface area contributed by atoms with Crippen molar-refractivity contribution in [3.8, 4) is 0 Å². The molecule has 0 bridgehead atoms. The van der Waals surface area contributed by atoms with Gasteiger partial charge in [0.15, 0.2) is 0 Å². The third-order valence-electron chi connectivity index (χ3n) is 2.54. The second kappa shape index (κ2) is 6.94. The highest BCUT2D eigenvalue weighted by atomic mass is 32.2. The van der Waals surface area contributed by atoms with Gasteiger partial charge in [0.1, 0.15) is 0 Å². The first kappa shape index (κ1) is 13.6. The van der Waals surface area contributed by atoms with Crippen LogP contribution in [0.15, 0.2) is 29.2 Å². The number of thioether (sulfide) groups is 1. The summed E-state index contributed by atoms with van der Waals surface area (Å²) in [6.07, 6.45) is 3.20. The van der Waals surface area contributed by atoms with E-state index >= 15 is 0 Å². The van der Waals surface area contributed by atoms with Crippen molar-refractivity contribution in [2.24, 2.45) is 5.73 Å². The van der Waals surface area contributed by atoms with Gasteiger partial charge in [0.2, 0.25) is 0 Å². The smallest absolute Gasteiger partial charge is 0.0139 e. The molecule has 0 amide bonds. The van der Waals surface area contributed by atoms with Gasteiger partial charge in [-0.2, -0.15) is 0 Å². The lowest BCUT2D eigenvalue weighted by Gasteiger charge is -2.18. The molecule has 1 rings (SSSR count). The number of hydrogen-bond donors (Lipinski definition) is 1. The van der Waals surface area contributed by atoms with Crippen LogP contribution in [0.25, 0.3) is 0 Å². The Morgan fingerprint density at radius 3 is 2.44 bits per heavy atom. The predicted octanol–water partition coefficient (Wildman–Crippen LogP) is 2.23. The highest BCUT2D eigenvalue weighted by Gasteiger charge is 2.02. The van der Waals surface area contributed by atoms with E-state index in [1.165, 1.54) is 10.5 Å². The minimum atomic E-state index is 0.254. The molecular weight excluding hydrogens is 216 g/mol. The van der Waals surface area contributed by atoms with Crippen LogP contribution in [0.5, 0.6) is 0 Å². The van der Waals surface area contributed by atoms with Gasteiger partial charge >= 0.3 is 0 Å². The topological polar surface area (TPSA) is 29.3 Å². The fraction of sp³-hybridized carbons (Fsp3) is 0.538.